The molecule has 1 atom stereocenters. The van der Waals surface area contributed by atoms with Gasteiger partial charge in [0.15, 0.2) is 16.3 Å². The lowest BCUT2D eigenvalue weighted by atomic mass is 9.95. The van der Waals surface area contributed by atoms with E-state index in [1.807, 2.05) is 25.1 Å². The number of ether oxygens (including phenoxy) is 4. The van der Waals surface area contributed by atoms with Gasteiger partial charge in [-0.25, -0.2) is 9.79 Å². The molecule has 0 spiro atoms. The largest absolute Gasteiger partial charge is 0.496 e. The fraction of sp³-hybridized carbons (Fsp3) is 0.300. The molecule has 1 aromatic heterocycles. The van der Waals surface area contributed by atoms with Gasteiger partial charge in [0.1, 0.15) is 18.4 Å². The van der Waals surface area contributed by atoms with E-state index >= 15 is 0 Å². The van der Waals surface area contributed by atoms with Crippen molar-refractivity contribution in [3.63, 3.8) is 0 Å². The number of methoxy groups -OCH3 is 1. The summed E-state index contributed by atoms with van der Waals surface area (Å²) in [5, 5.41) is 0. The van der Waals surface area contributed by atoms with E-state index < -0.39 is 12.0 Å². The van der Waals surface area contributed by atoms with Crippen LogP contribution in [0.3, 0.4) is 0 Å². The van der Waals surface area contributed by atoms with Crippen molar-refractivity contribution in [3.05, 3.63) is 83.0 Å². The molecule has 40 heavy (non-hydrogen) atoms. The van der Waals surface area contributed by atoms with Crippen molar-refractivity contribution in [2.24, 2.45) is 4.99 Å². The Balaban J connectivity index is 1.93. The molecular weight excluding hydrogens is 596 g/mol. The molecule has 0 bridgehead atoms. The van der Waals surface area contributed by atoms with Crippen LogP contribution in [0.2, 0.25) is 0 Å². The highest BCUT2D eigenvalue weighted by Gasteiger charge is 2.35. The van der Waals surface area contributed by atoms with Crippen LogP contribution in [0.5, 0.6) is 17.2 Å². The van der Waals surface area contributed by atoms with E-state index in [1.165, 1.54) is 15.9 Å². The number of thiazole rings is 1. The lowest BCUT2D eigenvalue weighted by Crippen LogP contribution is -2.40. The van der Waals surface area contributed by atoms with E-state index in [9.17, 15) is 9.59 Å². The molecule has 1 aliphatic rings. The molecule has 0 N–H and O–H groups in total. The summed E-state index contributed by atoms with van der Waals surface area (Å²) in [6, 6.07) is 10.0. The molecular formula is C30H29BrN2O6S. The Hall–Kier alpha value is -3.81. The van der Waals surface area contributed by atoms with Crippen molar-refractivity contribution in [2.45, 2.75) is 39.8 Å². The molecule has 10 heteroatoms. The van der Waals surface area contributed by atoms with Crippen LogP contribution in [0.4, 0.5) is 0 Å². The number of halogens is 1. The van der Waals surface area contributed by atoms with E-state index in [2.05, 4.69) is 26.8 Å². The molecule has 0 radical (unpaired) electrons. The van der Waals surface area contributed by atoms with E-state index in [1.54, 1.807) is 52.2 Å². The van der Waals surface area contributed by atoms with E-state index in [-0.39, 0.29) is 23.8 Å². The number of benzene rings is 2. The predicted octanol–water partition coefficient (Wildman–Crippen LogP) is 4.37. The zero-order chi connectivity index (χ0) is 29.0. The van der Waals surface area contributed by atoms with Gasteiger partial charge in [0.2, 0.25) is 0 Å². The lowest BCUT2D eigenvalue weighted by Gasteiger charge is -2.26. The number of hydrogen-bond acceptors (Lipinski definition) is 8. The maximum atomic E-state index is 14.0. The second-order valence-electron chi connectivity index (χ2n) is 9.05. The second kappa shape index (κ2) is 12.6. The van der Waals surface area contributed by atoms with Crippen LogP contribution < -0.4 is 29.1 Å². The number of carbonyl (C=O) groups is 1. The fourth-order valence-corrected chi connectivity index (χ4v) is 5.77. The Morgan fingerprint density at radius 1 is 1.20 bits per heavy atom. The normalized spacial score (nSPS) is 14.8. The Bertz CT molecular complexity index is 1700. The average Bonchev–Trinajstić information content (AvgIpc) is 3.21. The standard InChI is InChI=1S/C30H29BrN2O6S/c1-7-13-38-23-11-9-19(14-24(23)37-8-2)15-25-28(34)33-27(21-16-20(31)10-12-22(21)36-6)26(29(35)39-17(3)4)18(5)32-30(33)40-25/h1,9-12,14-17,27H,8,13H2,2-6H3/b25-15-/t27-/m1/s1. The van der Waals surface area contributed by atoms with Crippen LogP contribution >= 0.6 is 27.3 Å². The zero-order valence-corrected chi connectivity index (χ0v) is 25.2. The van der Waals surface area contributed by atoms with Crippen molar-refractivity contribution >= 4 is 39.3 Å². The van der Waals surface area contributed by atoms with Gasteiger partial charge < -0.3 is 18.9 Å². The molecule has 0 aliphatic carbocycles. The van der Waals surface area contributed by atoms with Crippen LogP contribution in [0.15, 0.2) is 61.9 Å². The summed E-state index contributed by atoms with van der Waals surface area (Å²) in [5.41, 5.74) is 1.80. The molecule has 3 aromatic rings. The lowest BCUT2D eigenvalue weighted by molar-refractivity contribution is -0.143. The number of terminal acetylenes is 1. The third-order valence-electron chi connectivity index (χ3n) is 5.95. The minimum atomic E-state index is -0.810. The van der Waals surface area contributed by atoms with Crippen molar-refractivity contribution < 1.29 is 23.7 Å². The smallest absolute Gasteiger partial charge is 0.338 e. The summed E-state index contributed by atoms with van der Waals surface area (Å²) in [6.07, 6.45) is 6.74. The van der Waals surface area contributed by atoms with Crippen LogP contribution in [0, 0.1) is 12.3 Å². The zero-order valence-electron chi connectivity index (χ0n) is 22.8. The van der Waals surface area contributed by atoms with Crippen molar-refractivity contribution in [1.82, 2.24) is 4.57 Å². The van der Waals surface area contributed by atoms with Gasteiger partial charge >= 0.3 is 5.97 Å². The van der Waals surface area contributed by atoms with Gasteiger partial charge in [-0.1, -0.05) is 39.3 Å². The highest BCUT2D eigenvalue weighted by Crippen LogP contribution is 2.37. The van der Waals surface area contributed by atoms with Crippen LogP contribution in [-0.2, 0) is 9.53 Å². The van der Waals surface area contributed by atoms with Crippen molar-refractivity contribution in [1.29, 1.82) is 0 Å². The van der Waals surface area contributed by atoms with Gasteiger partial charge in [0.25, 0.3) is 5.56 Å². The predicted molar refractivity (Wildman–Crippen MR) is 158 cm³/mol. The third kappa shape index (κ3) is 6.01. The first-order valence-electron chi connectivity index (χ1n) is 12.6. The van der Waals surface area contributed by atoms with Gasteiger partial charge in [-0.05, 0) is 69.7 Å². The Kier molecular flexibility index (Phi) is 9.17. The van der Waals surface area contributed by atoms with Gasteiger partial charge in [-0.3, -0.25) is 9.36 Å². The highest BCUT2D eigenvalue weighted by molar-refractivity contribution is 9.10. The van der Waals surface area contributed by atoms with Gasteiger partial charge in [0.05, 0.1) is 35.6 Å². The number of hydrogen-bond donors (Lipinski definition) is 0. The molecule has 1 aliphatic heterocycles. The molecule has 2 aromatic carbocycles. The Morgan fingerprint density at radius 3 is 2.62 bits per heavy atom. The highest BCUT2D eigenvalue weighted by atomic mass is 79.9. The fourth-order valence-electron chi connectivity index (χ4n) is 4.35. The van der Waals surface area contributed by atoms with E-state index in [0.29, 0.717) is 44.4 Å². The summed E-state index contributed by atoms with van der Waals surface area (Å²) >= 11 is 4.75. The van der Waals surface area contributed by atoms with Gasteiger partial charge in [-0.15, -0.1) is 6.42 Å². The molecule has 0 unspecified atom stereocenters. The van der Waals surface area contributed by atoms with E-state index in [0.717, 1.165) is 10.0 Å². The summed E-state index contributed by atoms with van der Waals surface area (Å²) in [7, 11) is 1.55. The van der Waals surface area contributed by atoms with Gasteiger partial charge in [-0.2, -0.15) is 0 Å². The van der Waals surface area contributed by atoms with Gasteiger partial charge in [0, 0.05) is 10.0 Å². The first-order valence-corrected chi connectivity index (χ1v) is 14.2. The molecule has 0 fully saturated rings. The summed E-state index contributed by atoms with van der Waals surface area (Å²) in [5.74, 6) is 3.46. The minimum Gasteiger partial charge on any atom is -0.496 e. The summed E-state index contributed by atoms with van der Waals surface area (Å²) in [4.78, 5) is 32.5. The number of aromatic nitrogens is 1. The SMILES string of the molecule is C#CCOc1ccc(/C=c2\sc3n(c2=O)[C@H](c2cc(Br)ccc2OC)C(C(=O)OC(C)C)=C(C)N=3)cc1OCC. The first kappa shape index (κ1) is 29.2. The van der Waals surface area contributed by atoms with Crippen LogP contribution in [0.1, 0.15) is 44.9 Å². The number of fused-ring (bicyclic) bond motifs is 1. The van der Waals surface area contributed by atoms with Crippen molar-refractivity contribution in [3.8, 4) is 29.6 Å². The quantitative estimate of drug-likeness (QED) is 0.260. The maximum absolute atomic E-state index is 14.0. The summed E-state index contributed by atoms with van der Waals surface area (Å²) < 4.78 is 25.3. The molecule has 2 heterocycles. The monoisotopic (exact) mass is 624 g/mol. The minimum absolute atomic E-state index is 0.109. The molecule has 0 saturated heterocycles. The topological polar surface area (TPSA) is 88.4 Å². The number of allylic oxidation sites excluding steroid dienone is 1. The first-order chi connectivity index (χ1) is 19.2. The number of esters is 1. The maximum Gasteiger partial charge on any atom is 0.338 e. The van der Waals surface area contributed by atoms with Crippen LogP contribution in [0.25, 0.3) is 6.08 Å². The van der Waals surface area contributed by atoms with Crippen LogP contribution in [-0.4, -0.2) is 37.0 Å². The number of carbonyl (C=O) groups excluding carboxylic acids is 1. The molecule has 0 saturated carbocycles. The average molecular weight is 626 g/mol. The Morgan fingerprint density at radius 2 is 1.95 bits per heavy atom. The number of nitrogens with zero attached hydrogens (tertiary/aromatic N) is 2. The van der Waals surface area contributed by atoms with Crippen molar-refractivity contribution in [2.75, 3.05) is 20.3 Å². The number of rotatable bonds is 9. The third-order valence-corrected chi connectivity index (χ3v) is 7.42. The Labute approximate surface area is 244 Å². The molecule has 0 amide bonds. The molecule has 4 rings (SSSR count). The van der Waals surface area contributed by atoms with E-state index in [4.69, 9.17) is 25.4 Å². The second-order valence-corrected chi connectivity index (χ2v) is 11.0. The molecule has 8 nitrogen and oxygen atoms in total. The molecule has 208 valence electrons. The summed E-state index contributed by atoms with van der Waals surface area (Å²) in [6.45, 7) is 7.71.